The number of carboxylic acid groups (broad SMARTS) is 2. The van der Waals surface area contributed by atoms with Gasteiger partial charge in [0, 0.05) is 10.5 Å². The topological polar surface area (TPSA) is 74.6 Å². The molecule has 0 heterocycles. The van der Waals surface area contributed by atoms with Gasteiger partial charge in [-0.25, -0.2) is 0 Å². The molecule has 0 spiro atoms. The first-order chi connectivity index (χ1) is 6.93. The van der Waals surface area contributed by atoms with Crippen LogP contribution in [0.1, 0.15) is 12.5 Å². The molecule has 1 aromatic rings. The molecule has 0 aliphatic rings. The Morgan fingerprint density at radius 1 is 1.27 bits per heavy atom. The maximum atomic E-state index is 10.3. The van der Waals surface area contributed by atoms with Crippen LogP contribution < -0.4 is 0 Å². The lowest BCUT2D eigenvalue weighted by atomic mass is 10.2. The zero-order valence-electron chi connectivity index (χ0n) is 8.11. The highest BCUT2D eigenvalue weighted by Gasteiger charge is 2.02. The summed E-state index contributed by atoms with van der Waals surface area (Å²) >= 11 is 2.13. The number of benzene rings is 1. The molecule has 0 bridgehead atoms. The monoisotopic (exact) mass is 322 g/mol. The number of carbonyl (C=O) groups is 2. The largest absolute Gasteiger partial charge is 0.481 e. The van der Waals surface area contributed by atoms with Crippen molar-refractivity contribution in [2.24, 2.45) is 0 Å². The Bertz CT molecular complexity index is 345. The number of halogens is 1. The Kier molecular flexibility index (Phi) is 6.68. The molecule has 82 valence electrons. The molecule has 4 nitrogen and oxygen atoms in total. The highest BCUT2D eigenvalue weighted by molar-refractivity contribution is 14.1. The van der Waals surface area contributed by atoms with Crippen molar-refractivity contribution in [2.45, 2.75) is 13.3 Å². The van der Waals surface area contributed by atoms with Gasteiger partial charge in [-0.3, -0.25) is 9.59 Å². The first-order valence-corrected chi connectivity index (χ1v) is 5.16. The van der Waals surface area contributed by atoms with E-state index in [0.29, 0.717) is 0 Å². The fourth-order valence-electron chi connectivity index (χ4n) is 0.805. The molecule has 0 amide bonds. The Hall–Kier alpha value is -1.11. The minimum atomic E-state index is -0.833. The summed E-state index contributed by atoms with van der Waals surface area (Å²) in [5, 5.41) is 15.9. The lowest BCUT2D eigenvalue weighted by Gasteiger charge is -1.98. The lowest BCUT2D eigenvalue weighted by molar-refractivity contribution is -0.136. The zero-order valence-corrected chi connectivity index (χ0v) is 10.3. The van der Waals surface area contributed by atoms with Crippen LogP contribution in [-0.4, -0.2) is 22.2 Å². The molecule has 2 N–H and O–H groups in total. The third kappa shape index (κ3) is 7.92. The van der Waals surface area contributed by atoms with Gasteiger partial charge in [-0.15, -0.1) is 0 Å². The van der Waals surface area contributed by atoms with Gasteiger partial charge < -0.3 is 10.2 Å². The standard InChI is InChI=1S/C8H7IO2.C2H4O2/c9-7-4-2-1-3-6(7)5-8(10)11;1-2(3)4/h1-4H,5H2,(H,10,11);1H3,(H,3,4). The van der Waals surface area contributed by atoms with E-state index in [1.807, 2.05) is 24.3 Å². The average Bonchev–Trinajstić information content (AvgIpc) is 2.07. The number of hydrogen-bond donors (Lipinski definition) is 2. The predicted octanol–water partition coefficient (Wildman–Crippen LogP) is 2.01. The maximum absolute atomic E-state index is 10.3. The zero-order chi connectivity index (χ0) is 11.8. The van der Waals surface area contributed by atoms with E-state index in [1.165, 1.54) is 0 Å². The van der Waals surface area contributed by atoms with E-state index in [9.17, 15) is 4.79 Å². The Morgan fingerprint density at radius 3 is 2.13 bits per heavy atom. The van der Waals surface area contributed by atoms with E-state index in [4.69, 9.17) is 15.0 Å². The molecule has 0 aliphatic heterocycles. The summed E-state index contributed by atoms with van der Waals surface area (Å²) in [6.45, 7) is 1.08. The van der Waals surface area contributed by atoms with E-state index in [-0.39, 0.29) is 6.42 Å². The summed E-state index contributed by atoms with van der Waals surface area (Å²) in [5.74, 6) is -1.62. The minimum Gasteiger partial charge on any atom is -0.481 e. The van der Waals surface area contributed by atoms with Gasteiger partial charge in [0.25, 0.3) is 5.97 Å². The van der Waals surface area contributed by atoms with Gasteiger partial charge in [-0.05, 0) is 34.2 Å². The average molecular weight is 322 g/mol. The van der Waals surface area contributed by atoms with Crippen LogP contribution in [0.4, 0.5) is 0 Å². The Balaban J connectivity index is 0.000000423. The van der Waals surface area contributed by atoms with Gasteiger partial charge in [0.15, 0.2) is 0 Å². The van der Waals surface area contributed by atoms with Crippen LogP contribution >= 0.6 is 22.6 Å². The molecular weight excluding hydrogens is 311 g/mol. The normalized spacial score (nSPS) is 8.67. The van der Waals surface area contributed by atoms with Crippen LogP contribution in [0.2, 0.25) is 0 Å². The van der Waals surface area contributed by atoms with Crippen LogP contribution in [0, 0.1) is 3.57 Å². The smallest absolute Gasteiger partial charge is 0.307 e. The second-order valence-electron chi connectivity index (χ2n) is 2.68. The summed E-state index contributed by atoms with van der Waals surface area (Å²) in [6.07, 6.45) is 0.110. The third-order valence-corrected chi connectivity index (χ3v) is 2.35. The molecule has 0 atom stereocenters. The molecule has 1 rings (SSSR count). The number of hydrogen-bond acceptors (Lipinski definition) is 2. The van der Waals surface area contributed by atoms with Crippen molar-refractivity contribution in [3.8, 4) is 0 Å². The maximum Gasteiger partial charge on any atom is 0.307 e. The highest BCUT2D eigenvalue weighted by Crippen LogP contribution is 2.11. The molecule has 0 aromatic heterocycles. The number of rotatable bonds is 2. The fourth-order valence-corrected chi connectivity index (χ4v) is 1.38. The first kappa shape index (κ1) is 13.9. The van der Waals surface area contributed by atoms with Gasteiger partial charge in [-0.1, -0.05) is 18.2 Å². The molecule has 0 fully saturated rings. The second-order valence-corrected chi connectivity index (χ2v) is 3.84. The summed E-state index contributed by atoms with van der Waals surface area (Å²) in [4.78, 5) is 19.3. The molecule has 0 aliphatic carbocycles. The highest BCUT2D eigenvalue weighted by atomic mass is 127. The Morgan fingerprint density at radius 2 is 1.73 bits per heavy atom. The van der Waals surface area contributed by atoms with Crippen molar-refractivity contribution < 1.29 is 19.8 Å². The van der Waals surface area contributed by atoms with E-state index < -0.39 is 11.9 Å². The Labute approximate surface area is 101 Å². The number of carboxylic acids is 2. The summed E-state index contributed by atoms with van der Waals surface area (Å²) in [6, 6.07) is 7.47. The molecule has 1 aromatic carbocycles. The van der Waals surface area contributed by atoms with E-state index in [2.05, 4.69) is 22.6 Å². The molecule has 0 saturated carbocycles. The summed E-state index contributed by atoms with van der Waals surface area (Å²) < 4.78 is 1.01. The van der Waals surface area contributed by atoms with Crippen molar-refractivity contribution >= 4 is 34.5 Å². The van der Waals surface area contributed by atoms with Crippen LogP contribution in [0.5, 0.6) is 0 Å². The van der Waals surface area contributed by atoms with Crippen LogP contribution in [0.15, 0.2) is 24.3 Å². The van der Waals surface area contributed by atoms with Gasteiger partial charge >= 0.3 is 5.97 Å². The minimum absolute atomic E-state index is 0.110. The van der Waals surface area contributed by atoms with Crippen molar-refractivity contribution in [3.05, 3.63) is 33.4 Å². The van der Waals surface area contributed by atoms with E-state index >= 15 is 0 Å². The van der Waals surface area contributed by atoms with Crippen molar-refractivity contribution in [2.75, 3.05) is 0 Å². The van der Waals surface area contributed by atoms with Crippen LogP contribution in [-0.2, 0) is 16.0 Å². The van der Waals surface area contributed by atoms with E-state index in [1.54, 1.807) is 0 Å². The quantitative estimate of drug-likeness (QED) is 0.817. The third-order valence-electron chi connectivity index (χ3n) is 1.30. The molecule has 15 heavy (non-hydrogen) atoms. The van der Waals surface area contributed by atoms with Crippen molar-refractivity contribution in [3.63, 3.8) is 0 Å². The van der Waals surface area contributed by atoms with Gasteiger partial charge in [-0.2, -0.15) is 0 Å². The predicted molar refractivity (Wildman–Crippen MR) is 63.8 cm³/mol. The van der Waals surface area contributed by atoms with Gasteiger partial charge in [0.1, 0.15) is 0 Å². The molecule has 0 radical (unpaired) electrons. The SMILES string of the molecule is CC(=O)O.O=C(O)Cc1ccccc1I. The van der Waals surface area contributed by atoms with Crippen molar-refractivity contribution in [1.29, 1.82) is 0 Å². The molecule has 0 unspecified atom stereocenters. The van der Waals surface area contributed by atoms with Gasteiger partial charge in [0.05, 0.1) is 6.42 Å². The lowest BCUT2D eigenvalue weighted by Crippen LogP contribution is -2.01. The first-order valence-electron chi connectivity index (χ1n) is 4.08. The van der Waals surface area contributed by atoms with Crippen LogP contribution in [0.3, 0.4) is 0 Å². The van der Waals surface area contributed by atoms with Gasteiger partial charge in [0.2, 0.25) is 0 Å². The number of aliphatic carboxylic acids is 2. The summed E-state index contributed by atoms with van der Waals surface area (Å²) in [7, 11) is 0. The van der Waals surface area contributed by atoms with Crippen molar-refractivity contribution in [1.82, 2.24) is 0 Å². The molecule has 0 saturated heterocycles. The molecule has 5 heteroatoms. The summed E-state index contributed by atoms with van der Waals surface area (Å²) in [5.41, 5.74) is 0.876. The second kappa shape index (κ2) is 7.22. The van der Waals surface area contributed by atoms with E-state index in [0.717, 1.165) is 16.1 Å². The molecular formula is C10H11IO4. The fraction of sp³-hybridized carbons (Fsp3) is 0.200. The van der Waals surface area contributed by atoms with Crippen LogP contribution in [0.25, 0.3) is 0 Å².